The Morgan fingerprint density at radius 1 is 0.512 bits per heavy atom. The number of nitrogens with one attached hydrogen (secondary N) is 2. The van der Waals surface area contributed by atoms with Crippen LogP contribution in [0.5, 0.6) is 0 Å². The molecule has 4 nitrogen and oxygen atoms in total. The maximum absolute atomic E-state index is 12.7. The summed E-state index contributed by atoms with van der Waals surface area (Å²) in [4.78, 5) is 27.5. The van der Waals surface area contributed by atoms with Crippen LogP contribution in [0, 0.1) is 0 Å². The van der Waals surface area contributed by atoms with Crippen LogP contribution in [0.2, 0.25) is 0 Å². The van der Waals surface area contributed by atoms with Gasteiger partial charge >= 0.3 is 0 Å². The minimum Gasteiger partial charge on any atom is -0.326 e. The van der Waals surface area contributed by atoms with Crippen LogP contribution in [0.3, 0.4) is 0 Å². The summed E-state index contributed by atoms with van der Waals surface area (Å²) < 4.78 is 0. The lowest BCUT2D eigenvalue weighted by atomic mass is 9.67. The fraction of sp³-hybridized carbons (Fsp3) is 0.0811. The highest BCUT2D eigenvalue weighted by Crippen LogP contribution is 2.56. The molecule has 0 saturated carbocycles. The van der Waals surface area contributed by atoms with Crippen molar-refractivity contribution in [1.82, 2.24) is 0 Å². The van der Waals surface area contributed by atoms with Crippen LogP contribution < -0.4 is 10.6 Å². The topological polar surface area (TPSA) is 58.2 Å². The lowest BCUT2D eigenvalue weighted by molar-refractivity contribution is -0.116. The van der Waals surface area contributed by atoms with Crippen molar-refractivity contribution < 1.29 is 9.59 Å². The van der Waals surface area contributed by atoms with Gasteiger partial charge in [0.05, 0.1) is 18.3 Å². The molecular formula is C37H28N2O2S2. The number of rotatable bonds is 8. The van der Waals surface area contributed by atoms with Crippen LogP contribution >= 0.6 is 22.7 Å². The standard InChI is InChI=1S/C37H28N2O2S2/c40-35(23-29-7-5-21-42-29)38-27-17-13-25(14-18-27)37(33-11-3-1-9-31(33)32-10-2-4-12-34(32)37)26-15-19-28(20-16-26)39-36(41)24-30-8-6-22-43-30/h1-22H,23-24H2,(H,38,40)(H,39,41). The van der Waals surface area contributed by atoms with Crippen LogP contribution in [0.1, 0.15) is 32.0 Å². The molecule has 0 bridgehead atoms. The molecular weight excluding hydrogens is 569 g/mol. The molecule has 2 aromatic heterocycles. The summed E-state index contributed by atoms with van der Waals surface area (Å²) in [5.41, 5.74) is 8.02. The van der Waals surface area contributed by atoms with Gasteiger partial charge in [-0.2, -0.15) is 0 Å². The van der Waals surface area contributed by atoms with Crippen molar-refractivity contribution in [3.05, 3.63) is 164 Å². The van der Waals surface area contributed by atoms with Gasteiger partial charge in [0, 0.05) is 21.1 Å². The summed E-state index contributed by atoms with van der Waals surface area (Å²) in [5, 5.41) is 10.1. The molecule has 210 valence electrons. The first-order valence-electron chi connectivity index (χ1n) is 14.2. The van der Waals surface area contributed by atoms with Gasteiger partial charge in [-0.3, -0.25) is 9.59 Å². The molecule has 7 rings (SSSR count). The summed E-state index contributed by atoms with van der Waals surface area (Å²) in [5.74, 6) is -0.0589. The van der Waals surface area contributed by atoms with E-state index in [1.54, 1.807) is 22.7 Å². The van der Waals surface area contributed by atoms with Gasteiger partial charge in [-0.05, 0) is 80.5 Å². The highest BCUT2D eigenvalue weighted by molar-refractivity contribution is 7.10. The van der Waals surface area contributed by atoms with E-state index in [1.807, 2.05) is 59.3 Å². The summed E-state index contributed by atoms with van der Waals surface area (Å²) in [6, 6.07) is 41.5. The number of thiophene rings is 2. The SMILES string of the molecule is O=C(Cc1cccs1)Nc1ccc(C2(c3ccc(NC(=O)Cc4cccs4)cc3)c3ccccc3-c3ccccc32)cc1. The van der Waals surface area contributed by atoms with Crippen LogP contribution in [0.25, 0.3) is 11.1 Å². The minimum absolute atomic E-state index is 0.0295. The maximum Gasteiger partial charge on any atom is 0.229 e. The third kappa shape index (κ3) is 5.09. The Balaban J connectivity index is 1.26. The number of carbonyl (C=O) groups is 2. The Morgan fingerprint density at radius 3 is 1.33 bits per heavy atom. The lowest BCUT2D eigenvalue weighted by Crippen LogP contribution is -2.28. The van der Waals surface area contributed by atoms with Gasteiger partial charge in [0.25, 0.3) is 0 Å². The average Bonchev–Trinajstić information content (AvgIpc) is 3.79. The van der Waals surface area contributed by atoms with E-state index in [0.717, 1.165) is 32.3 Å². The first-order valence-corrected chi connectivity index (χ1v) is 15.9. The van der Waals surface area contributed by atoms with Crippen molar-refractivity contribution in [2.45, 2.75) is 18.3 Å². The van der Waals surface area contributed by atoms with E-state index in [-0.39, 0.29) is 11.8 Å². The zero-order valence-electron chi connectivity index (χ0n) is 23.2. The molecule has 0 spiro atoms. The normalized spacial score (nSPS) is 12.7. The Kier molecular flexibility index (Phi) is 7.23. The molecule has 0 saturated heterocycles. The Hall–Kier alpha value is -4.78. The fourth-order valence-electron chi connectivity index (χ4n) is 6.18. The largest absolute Gasteiger partial charge is 0.326 e. The number of carbonyl (C=O) groups excluding carboxylic acids is 2. The van der Waals surface area contributed by atoms with E-state index in [9.17, 15) is 9.59 Å². The van der Waals surface area contributed by atoms with Gasteiger partial charge in [0.15, 0.2) is 0 Å². The Morgan fingerprint density at radius 2 is 0.930 bits per heavy atom. The number of anilines is 2. The van der Waals surface area contributed by atoms with Crippen LogP contribution in [0.4, 0.5) is 11.4 Å². The van der Waals surface area contributed by atoms with Gasteiger partial charge < -0.3 is 10.6 Å². The van der Waals surface area contributed by atoms with E-state index >= 15 is 0 Å². The first kappa shape index (κ1) is 27.1. The molecule has 2 N–H and O–H groups in total. The van der Waals surface area contributed by atoms with Crippen molar-refractivity contribution in [1.29, 1.82) is 0 Å². The summed E-state index contributed by atoms with van der Waals surface area (Å²) in [7, 11) is 0. The summed E-state index contributed by atoms with van der Waals surface area (Å²) in [6.45, 7) is 0. The van der Waals surface area contributed by atoms with Crippen molar-refractivity contribution in [3.8, 4) is 11.1 Å². The molecule has 2 heterocycles. The zero-order valence-corrected chi connectivity index (χ0v) is 24.9. The summed E-state index contributed by atoms with van der Waals surface area (Å²) in [6.07, 6.45) is 0.723. The van der Waals surface area contributed by atoms with Gasteiger partial charge in [-0.15, -0.1) is 22.7 Å². The molecule has 0 radical (unpaired) electrons. The van der Waals surface area contributed by atoms with Crippen molar-refractivity contribution in [3.63, 3.8) is 0 Å². The average molecular weight is 597 g/mol. The molecule has 43 heavy (non-hydrogen) atoms. The Bertz CT molecular complexity index is 1750. The third-order valence-corrected chi connectivity index (χ3v) is 9.74. The Labute approximate surface area is 258 Å². The van der Waals surface area contributed by atoms with Crippen LogP contribution in [-0.4, -0.2) is 11.8 Å². The highest BCUT2D eigenvalue weighted by atomic mass is 32.1. The molecule has 6 heteroatoms. The van der Waals surface area contributed by atoms with Crippen molar-refractivity contribution in [2.75, 3.05) is 10.6 Å². The quantitative estimate of drug-likeness (QED) is 0.185. The summed E-state index contributed by atoms with van der Waals surface area (Å²) >= 11 is 3.17. The molecule has 4 aromatic carbocycles. The highest BCUT2D eigenvalue weighted by Gasteiger charge is 2.45. The molecule has 0 atom stereocenters. The van der Waals surface area contributed by atoms with E-state index in [0.29, 0.717) is 12.8 Å². The van der Waals surface area contributed by atoms with E-state index < -0.39 is 5.41 Å². The van der Waals surface area contributed by atoms with Gasteiger partial charge in [-0.25, -0.2) is 0 Å². The minimum atomic E-state index is -0.563. The number of hydrogen-bond donors (Lipinski definition) is 2. The lowest BCUT2D eigenvalue weighted by Gasteiger charge is -2.34. The van der Waals surface area contributed by atoms with Crippen molar-refractivity contribution in [2.24, 2.45) is 0 Å². The molecule has 6 aromatic rings. The second-order valence-corrected chi connectivity index (χ2v) is 12.7. The van der Waals surface area contributed by atoms with Crippen LogP contribution in [-0.2, 0) is 27.8 Å². The second-order valence-electron chi connectivity index (χ2n) is 10.6. The van der Waals surface area contributed by atoms with E-state index in [1.165, 1.54) is 22.3 Å². The zero-order chi connectivity index (χ0) is 29.2. The first-order chi connectivity index (χ1) is 21.1. The van der Waals surface area contributed by atoms with Crippen LogP contribution in [0.15, 0.2) is 132 Å². The number of benzene rings is 4. The maximum atomic E-state index is 12.7. The predicted octanol–water partition coefficient (Wildman–Crippen LogP) is 8.54. The molecule has 1 aliphatic rings. The third-order valence-electron chi connectivity index (χ3n) is 7.99. The van der Waals surface area contributed by atoms with Gasteiger partial charge in [0.1, 0.15) is 0 Å². The second kappa shape index (κ2) is 11.5. The van der Waals surface area contributed by atoms with Crippen molar-refractivity contribution >= 4 is 45.9 Å². The van der Waals surface area contributed by atoms with E-state index in [4.69, 9.17) is 0 Å². The molecule has 0 fully saturated rings. The number of amides is 2. The van der Waals surface area contributed by atoms with Gasteiger partial charge in [-0.1, -0.05) is 84.9 Å². The van der Waals surface area contributed by atoms with E-state index in [2.05, 4.69) is 83.4 Å². The number of hydrogen-bond acceptors (Lipinski definition) is 4. The molecule has 1 aliphatic carbocycles. The monoisotopic (exact) mass is 596 g/mol. The predicted molar refractivity (Wildman–Crippen MR) is 177 cm³/mol. The fourth-order valence-corrected chi connectivity index (χ4v) is 7.59. The number of fused-ring (bicyclic) bond motifs is 3. The molecule has 0 unspecified atom stereocenters. The molecule has 2 amide bonds. The molecule has 0 aliphatic heterocycles. The van der Waals surface area contributed by atoms with Gasteiger partial charge in [0.2, 0.25) is 11.8 Å². The smallest absolute Gasteiger partial charge is 0.229 e.